The fourth-order valence-electron chi connectivity index (χ4n) is 2.01. The van der Waals surface area contributed by atoms with Gasteiger partial charge in [-0.3, -0.25) is 0 Å². The molecule has 17 heavy (non-hydrogen) atoms. The van der Waals surface area contributed by atoms with Crippen LogP contribution in [0.4, 0.5) is 5.69 Å². The van der Waals surface area contributed by atoms with Gasteiger partial charge in [0.2, 0.25) is 0 Å². The number of nitrogens with zero attached hydrogens (tertiary/aromatic N) is 1. The number of hydrogen-bond acceptors (Lipinski definition) is 3. The molecule has 1 saturated heterocycles. The second kappa shape index (κ2) is 6.50. The first-order valence-corrected chi connectivity index (χ1v) is 6.28. The van der Waals surface area contributed by atoms with Crippen LogP contribution < -0.4 is 9.64 Å². The maximum absolute atomic E-state index is 9.50. The van der Waals surface area contributed by atoms with Crippen molar-refractivity contribution in [1.82, 2.24) is 0 Å². The van der Waals surface area contributed by atoms with Crippen molar-refractivity contribution in [2.45, 2.75) is 33.3 Å². The Morgan fingerprint density at radius 3 is 2.59 bits per heavy atom. The molecule has 1 N–H and O–H groups in total. The molecule has 0 spiro atoms. The number of benzene rings is 1. The van der Waals surface area contributed by atoms with Crippen LogP contribution >= 0.6 is 0 Å². The molecule has 1 aliphatic rings. The summed E-state index contributed by atoms with van der Waals surface area (Å²) >= 11 is 0. The molecule has 2 rings (SSSR count). The summed E-state index contributed by atoms with van der Waals surface area (Å²) in [5, 5.41) is 9.50. The molecule has 1 fully saturated rings. The fourth-order valence-corrected chi connectivity index (χ4v) is 2.01. The van der Waals surface area contributed by atoms with E-state index in [0.29, 0.717) is 6.54 Å². The molecule has 1 unspecified atom stereocenters. The lowest BCUT2D eigenvalue weighted by Gasteiger charge is -2.20. The first-order valence-electron chi connectivity index (χ1n) is 6.28. The normalized spacial score (nSPS) is 18.6. The quantitative estimate of drug-likeness (QED) is 0.858. The van der Waals surface area contributed by atoms with Gasteiger partial charge in [-0.2, -0.15) is 0 Å². The molecule has 3 heteroatoms. The third-order valence-corrected chi connectivity index (χ3v) is 2.84. The summed E-state index contributed by atoms with van der Waals surface area (Å²) < 4.78 is 5.35. The smallest absolute Gasteiger partial charge is 0.142 e. The van der Waals surface area contributed by atoms with Gasteiger partial charge in [-0.1, -0.05) is 19.9 Å². The molecule has 1 heterocycles. The lowest BCUT2D eigenvalue weighted by molar-refractivity contribution is 0.198. The molecule has 0 aliphatic carbocycles. The molecule has 1 aliphatic heterocycles. The first kappa shape index (κ1) is 13.8. The predicted molar refractivity (Wildman–Crippen MR) is 71.9 cm³/mol. The summed E-state index contributed by atoms with van der Waals surface area (Å²) in [5.41, 5.74) is 2.27. The predicted octanol–water partition coefficient (Wildman–Crippen LogP) is 2.60. The number of aliphatic hydroxyl groups excluding tert-OH is 1. The van der Waals surface area contributed by atoms with E-state index in [4.69, 9.17) is 4.74 Å². The van der Waals surface area contributed by atoms with E-state index in [1.807, 2.05) is 26.8 Å². The van der Waals surface area contributed by atoms with Crippen molar-refractivity contribution in [1.29, 1.82) is 0 Å². The Labute approximate surface area is 104 Å². The van der Waals surface area contributed by atoms with Crippen LogP contribution in [0.2, 0.25) is 0 Å². The maximum atomic E-state index is 9.50. The highest BCUT2D eigenvalue weighted by atomic mass is 16.5. The van der Waals surface area contributed by atoms with E-state index < -0.39 is 0 Å². The van der Waals surface area contributed by atoms with Gasteiger partial charge in [0.25, 0.3) is 0 Å². The van der Waals surface area contributed by atoms with E-state index in [1.54, 1.807) is 7.11 Å². The van der Waals surface area contributed by atoms with Gasteiger partial charge in [0.05, 0.1) is 18.9 Å². The van der Waals surface area contributed by atoms with E-state index in [0.717, 1.165) is 24.4 Å². The third-order valence-electron chi connectivity index (χ3n) is 2.84. The summed E-state index contributed by atoms with van der Waals surface area (Å²) in [5.74, 6) is 0.893. The van der Waals surface area contributed by atoms with Crippen LogP contribution in [0.15, 0.2) is 18.2 Å². The maximum Gasteiger partial charge on any atom is 0.142 e. The molecule has 0 radical (unpaired) electrons. The third kappa shape index (κ3) is 3.37. The Hall–Kier alpha value is -1.22. The second-order valence-electron chi connectivity index (χ2n) is 4.06. The first-order chi connectivity index (χ1) is 8.20. The molecule has 1 aromatic carbocycles. The Balaban J connectivity index is 0.000000686. The van der Waals surface area contributed by atoms with Crippen molar-refractivity contribution < 1.29 is 9.84 Å². The minimum atomic E-state index is -0.198. The van der Waals surface area contributed by atoms with Crippen molar-refractivity contribution in [2.24, 2.45) is 0 Å². The van der Waals surface area contributed by atoms with Crippen molar-refractivity contribution in [3.05, 3.63) is 23.8 Å². The number of aliphatic hydroxyl groups is 1. The Bertz CT molecular complexity index is 352. The topological polar surface area (TPSA) is 32.7 Å². The lowest BCUT2D eigenvalue weighted by atomic mass is 10.2. The van der Waals surface area contributed by atoms with Gasteiger partial charge in [-0.15, -0.1) is 0 Å². The number of anilines is 1. The highest BCUT2D eigenvalue weighted by molar-refractivity contribution is 5.60. The summed E-state index contributed by atoms with van der Waals surface area (Å²) in [6.07, 6.45) is 0.646. The summed E-state index contributed by atoms with van der Waals surface area (Å²) in [7, 11) is 1.69. The fraction of sp³-hybridized carbons (Fsp3) is 0.571. The van der Waals surface area contributed by atoms with Crippen molar-refractivity contribution in [2.75, 3.05) is 25.1 Å². The molecule has 0 aromatic heterocycles. The highest BCUT2D eigenvalue weighted by Gasteiger charge is 2.22. The van der Waals surface area contributed by atoms with E-state index >= 15 is 0 Å². The van der Waals surface area contributed by atoms with Gasteiger partial charge in [0, 0.05) is 13.1 Å². The van der Waals surface area contributed by atoms with E-state index in [2.05, 4.69) is 17.0 Å². The van der Waals surface area contributed by atoms with Crippen LogP contribution in [0.5, 0.6) is 5.75 Å². The number of ether oxygens (including phenoxy) is 1. The zero-order valence-corrected chi connectivity index (χ0v) is 11.2. The Morgan fingerprint density at radius 2 is 2.06 bits per heavy atom. The number of hydrogen-bond donors (Lipinski definition) is 1. The number of aryl methyl sites for hydroxylation is 1. The van der Waals surface area contributed by atoms with E-state index in [-0.39, 0.29) is 6.10 Å². The Kier molecular flexibility index (Phi) is 5.29. The average molecular weight is 237 g/mol. The Morgan fingerprint density at radius 1 is 1.35 bits per heavy atom. The van der Waals surface area contributed by atoms with Crippen molar-refractivity contribution in [3.8, 4) is 5.75 Å². The van der Waals surface area contributed by atoms with Crippen LogP contribution in [0.25, 0.3) is 0 Å². The van der Waals surface area contributed by atoms with Gasteiger partial charge < -0.3 is 14.7 Å². The summed E-state index contributed by atoms with van der Waals surface area (Å²) in [6, 6.07) is 6.16. The van der Waals surface area contributed by atoms with Crippen LogP contribution in [0, 0.1) is 6.92 Å². The SMILES string of the molecule is CC.COc1cc(C)ccc1N1CCC(O)C1. The summed E-state index contributed by atoms with van der Waals surface area (Å²) in [4.78, 5) is 2.17. The molecule has 3 nitrogen and oxygen atoms in total. The molecule has 0 amide bonds. The van der Waals surface area contributed by atoms with Gasteiger partial charge in [0.15, 0.2) is 0 Å². The number of β-amino-alcohol motifs (C(OH)–C–C–N with tert-alkyl or cyclic N) is 1. The largest absolute Gasteiger partial charge is 0.495 e. The molecular formula is C14H23NO2. The van der Waals surface area contributed by atoms with Gasteiger partial charge >= 0.3 is 0 Å². The van der Waals surface area contributed by atoms with Crippen LogP contribution in [0.3, 0.4) is 0 Å². The molecule has 0 bridgehead atoms. The van der Waals surface area contributed by atoms with E-state index in [1.165, 1.54) is 5.56 Å². The monoisotopic (exact) mass is 237 g/mol. The standard InChI is InChI=1S/C12H17NO2.C2H6/c1-9-3-4-11(12(7-9)15-2)13-6-5-10(14)8-13;1-2/h3-4,7,10,14H,5-6,8H2,1-2H3;1-2H3. The molecule has 0 saturated carbocycles. The van der Waals surface area contributed by atoms with Gasteiger partial charge in [-0.05, 0) is 31.0 Å². The van der Waals surface area contributed by atoms with Crippen molar-refractivity contribution in [3.63, 3.8) is 0 Å². The lowest BCUT2D eigenvalue weighted by Crippen LogP contribution is -2.21. The second-order valence-corrected chi connectivity index (χ2v) is 4.06. The summed E-state index contributed by atoms with van der Waals surface area (Å²) in [6.45, 7) is 7.66. The zero-order chi connectivity index (χ0) is 12.8. The van der Waals surface area contributed by atoms with Crippen LogP contribution in [0.1, 0.15) is 25.8 Å². The van der Waals surface area contributed by atoms with Gasteiger partial charge in [-0.25, -0.2) is 0 Å². The van der Waals surface area contributed by atoms with Crippen LogP contribution in [-0.4, -0.2) is 31.4 Å². The number of rotatable bonds is 2. The average Bonchev–Trinajstić information content (AvgIpc) is 2.78. The van der Waals surface area contributed by atoms with Crippen LogP contribution in [-0.2, 0) is 0 Å². The molecule has 1 aromatic rings. The minimum absolute atomic E-state index is 0.198. The highest BCUT2D eigenvalue weighted by Crippen LogP contribution is 2.31. The number of methoxy groups -OCH3 is 1. The van der Waals surface area contributed by atoms with E-state index in [9.17, 15) is 5.11 Å². The van der Waals surface area contributed by atoms with Crippen molar-refractivity contribution >= 4 is 5.69 Å². The molecular weight excluding hydrogens is 214 g/mol. The molecule has 1 atom stereocenters. The van der Waals surface area contributed by atoms with Gasteiger partial charge in [0.1, 0.15) is 5.75 Å². The minimum Gasteiger partial charge on any atom is -0.495 e. The zero-order valence-electron chi connectivity index (χ0n) is 11.2. The molecule has 96 valence electrons.